The van der Waals surface area contributed by atoms with Gasteiger partial charge in [0.15, 0.2) is 12.0 Å². The number of anilines is 1. The lowest BCUT2D eigenvalue weighted by atomic mass is 9.97. The third kappa shape index (κ3) is 5.38. The number of carbonyl (C=O) groups excluding carboxylic acids is 1. The van der Waals surface area contributed by atoms with Crippen molar-refractivity contribution in [3.05, 3.63) is 28.3 Å². The van der Waals surface area contributed by atoms with Crippen LogP contribution in [-0.4, -0.2) is 38.5 Å². The summed E-state index contributed by atoms with van der Waals surface area (Å²) in [6.45, 7) is 5.60. The summed E-state index contributed by atoms with van der Waals surface area (Å²) in [5.74, 6) is -0.326. The molecule has 144 valence electrons. The third-order valence-electron chi connectivity index (χ3n) is 3.57. The topological polar surface area (TPSA) is 140 Å². The average Bonchev–Trinajstić information content (AvgIpc) is 2.94. The normalized spacial score (nSPS) is 21.1. The van der Waals surface area contributed by atoms with Gasteiger partial charge in [-0.1, -0.05) is 0 Å². The van der Waals surface area contributed by atoms with E-state index >= 15 is 0 Å². The van der Waals surface area contributed by atoms with E-state index < -0.39 is 33.9 Å². The van der Waals surface area contributed by atoms with Crippen LogP contribution in [0.3, 0.4) is 0 Å². The van der Waals surface area contributed by atoms with E-state index in [0.29, 0.717) is 13.0 Å². The molecule has 1 aromatic rings. The first-order valence-electron chi connectivity index (χ1n) is 7.83. The van der Waals surface area contributed by atoms with Crippen molar-refractivity contribution in [2.75, 3.05) is 11.3 Å². The number of benzene rings is 1. The van der Waals surface area contributed by atoms with Gasteiger partial charge in [-0.3, -0.25) is 29.5 Å². The summed E-state index contributed by atoms with van der Waals surface area (Å²) >= 11 is -2.34. The van der Waals surface area contributed by atoms with Crippen molar-refractivity contribution in [1.29, 1.82) is 0 Å². The Morgan fingerprint density at radius 1 is 1.46 bits per heavy atom. The van der Waals surface area contributed by atoms with Crippen LogP contribution in [0, 0.1) is 15.5 Å². The molecule has 1 aliphatic heterocycles. The fourth-order valence-corrected chi connectivity index (χ4v) is 2.59. The number of hydrogen-bond acceptors (Lipinski definition) is 7. The van der Waals surface area contributed by atoms with Gasteiger partial charge in [-0.05, 0) is 32.9 Å². The standard InChI is InChI=1S/C15H21N3O7S/c1-15(2,3)14(19)25-13-7-10(8-16-13)24-12-5-4-9(17-26(22)23)6-11(12)18(20)21/h4-6,10,13,16-17H,7-8H2,1-3H3,(H,22,23)/t10-,13?/m1/s1. The molecule has 0 amide bonds. The maximum atomic E-state index is 11.9. The van der Waals surface area contributed by atoms with Crippen molar-refractivity contribution in [3.63, 3.8) is 0 Å². The van der Waals surface area contributed by atoms with Crippen molar-refractivity contribution in [1.82, 2.24) is 5.32 Å². The molecule has 0 aromatic heterocycles. The summed E-state index contributed by atoms with van der Waals surface area (Å²) in [5, 5.41) is 14.2. The van der Waals surface area contributed by atoms with Crippen LogP contribution in [0.1, 0.15) is 27.2 Å². The third-order valence-corrected chi connectivity index (χ3v) is 3.98. The van der Waals surface area contributed by atoms with Crippen molar-refractivity contribution in [2.45, 2.75) is 39.5 Å². The zero-order valence-corrected chi connectivity index (χ0v) is 15.4. The Kier molecular flexibility index (Phi) is 6.16. The molecule has 0 saturated carbocycles. The lowest BCUT2D eigenvalue weighted by molar-refractivity contribution is -0.386. The molecule has 3 N–H and O–H groups in total. The van der Waals surface area contributed by atoms with Gasteiger partial charge in [0.05, 0.1) is 16.0 Å². The second kappa shape index (κ2) is 7.98. The van der Waals surface area contributed by atoms with Gasteiger partial charge in [-0.25, -0.2) is 4.21 Å². The van der Waals surface area contributed by atoms with Gasteiger partial charge < -0.3 is 9.47 Å². The van der Waals surface area contributed by atoms with Crippen LogP contribution in [-0.2, 0) is 20.8 Å². The molecule has 26 heavy (non-hydrogen) atoms. The number of rotatable bonds is 6. The Bertz CT molecular complexity index is 720. The van der Waals surface area contributed by atoms with Crippen molar-refractivity contribution in [2.24, 2.45) is 5.41 Å². The lowest BCUT2D eigenvalue weighted by Crippen LogP contribution is -2.33. The number of nitro benzene ring substituents is 1. The van der Waals surface area contributed by atoms with Gasteiger partial charge in [0.25, 0.3) is 11.3 Å². The van der Waals surface area contributed by atoms with Gasteiger partial charge in [0, 0.05) is 19.0 Å². The molecule has 1 saturated heterocycles. The molecule has 3 atom stereocenters. The highest BCUT2D eigenvalue weighted by Crippen LogP contribution is 2.32. The summed E-state index contributed by atoms with van der Waals surface area (Å²) in [7, 11) is 0. The number of nitrogens with zero attached hydrogens (tertiary/aromatic N) is 1. The molecule has 1 aromatic carbocycles. The SMILES string of the molecule is CC(C)(C)C(=O)OC1C[C@@H](Oc2ccc(NS(=O)O)cc2[N+](=O)[O-])CN1. The summed E-state index contributed by atoms with van der Waals surface area (Å²) < 4.78 is 32.7. The Morgan fingerprint density at radius 3 is 2.73 bits per heavy atom. The second-order valence-electron chi connectivity index (χ2n) is 6.82. The molecule has 2 rings (SSSR count). The minimum Gasteiger partial charge on any atom is -0.482 e. The summed E-state index contributed by atoms with van der Waals surface area (Å²) in [5.41, 5.74) is -0.850. The number of nitrogens with one attached hydrogen (secondary N) is 2. The zero-order chi connectivity index (χ0) is 19.5. The maximum Gasteiger partial charge on any atom is 0.313 e. The van der Waals surface area contributed by atoms with Crippen molar-refractivity contribution < 1.29 is 28.0 Å². The molecule has 10 nitrogen and oxygen atoms in total. The zero-order valence-electron chi connectivity index (χ0n) is 14.6. The smallest absolute Gasteiger partial charge is 0.313 e. The number of nitro groups is 1. The fraction of sp³-hybridized carbons (Fsp3) is 0.533. The highest BCUT2D eigenvalue weighted by molar-refractivity contribution is 7.80. The highest BCUT2D eigenvalue weighted by atomic mass is 32.2. The maximum absolute atomic E-state index is 11.9. The predicted molar refractivity (Wildman–Crippen MR) is 93.9 cm³/mol. The largest absolute Gasteiger partial charge is 0.482 e. The van der Waals surface area contributed by atoms with Crippen molar-refractivity contribution >= 4 is 28.6 Å². The predicted octanol–water partition coefficient (Wildman–Crippen LogP) is 1.80. The molecule has 11 heteroatoms. The first-order valence-corrected chi connectivity index (χ1v) is 8.94. The van der Waals surface area contributed by atoms with E-state index in [4.69, 9.17) is 14.0 Å². The number of carbonyl (C=O) groups is 1. The van der Waals surface area contributed by atoms with Gasteiger partial charge >= 0.3 is 11.7 Å². The lowest BCUT2D eigenvalue weighted by Gasteiger charge is -2.20. The molecule has 0 radical (unpaired) electrons. The van der Waals surface area contributed by atoms with E-state index in [0.717, 1.165) is 6.07 Å². The Hall–Kier alpha value is -2.24. The molecule has 1 aliphatic rings. The van der Waals surface area contributed by atoms with E-state index in [2.05, 4.69) is 10.0 Å². The number of ether oxygens (including phenoxy) is 2. The number of hydrogen-bond donors (Lipinski definition) is 3. The monoisotopic (exact) mass is 387 g/mol. The van der Waals surface area contributed by atoms with Crippen LogP contribution in [0.25, 0.3) is 0 Å². The van der Waals surface area contributed by atoms with Crippen LogP contribution >= 0.6 is 0 Å². The van der Waals surface area contributed by atoms with E-state index in [-0.39, 0.29) is 23.1 Å². The van der Waals surface area contributed by atoms with Crippen molar-refractivity contribution in [3.8, 4) is 5.75 Å². The summed E-state index contributed by atoms with van der Waals surface area (Å²) in [4.78, 5) is 22.5. The van der Waals surface area contributed by atoms with Crippen LogP contribution in [0.2, 0.25) is 0 Å². The van der Waals surface area contributed by atoms with Gasteiger partial charge in [-0.2, -0.15) is 0 Å². The summed E-state index contributed by atoms with van der Waals surface area (Å²) in [6.07, 6.45) is -0.597. The van der Waals surface area contributed by atoms with Gasteiger partial charge in [-0.15, -0.1) is 0 Å². The second-order valence-corrected chi connectivity index (χ2v) is 7.52. The van der Waals surface area contributed by atoms with Crippen LogP contribution in [0.4, 0.5) is 11.4 Å². The minimum atomic E-state index is -2.34. The molecular formula is C15H21N3O7S. The minimum absolute atomic E-state index is 0.0267. The molecule has 0 aliphatic carbocycles. The van der Waals surface area contributed by atoms with E-state index in [1.807, 2.05) is 0 Å². The van der Waals surface area contributed by atoms with Gasteiger partial charge in [0.1, 0.15) is 6.10 Å². The molecule has 2 unspecified atom stereocenters. The Morgan fingerprint density at radius 2 is 2.15 bits per heavy atom. The van der Waals surface area contributed by atoms with Crippen LogP contribution < -0.4 is 14.8 Å². The van der Waals surface area contributed by atoms with E-state index in [9.17, 15) is 19.1 Å². The van der Waals surface area contributed by atoms with E-state index in [1.54, 1.807) is 20.8 Å². The first-order chi connectivity index (χ1) is 12.1. The Labute approximate surface area is 152 Å². The average molecular weight is 387 g/mol. The molecule has 1 heterocycles. The molecule has 1 fully saturated rings. The fourth-order valence-electron chi connectivity index (χ4n) is 2.26. The first kappa shape index (κ1) is 20.1. The highest BCUT2D eigenvalue weighted by Gasteiger charge is 2.33. The molecule has 0 bridgehead atoms. The number of esters is 1. The van der Waals surface area contributed by atoms with Crippen LogP contribution in [0.15, 0.2) is 18.2 Å². The molecular weight excluding hydrogens is 366 g/mol. The van der Waals surface area contributed by atoms with E-state index in [1.165, 1.54) is 12.1 Å². The quantitative estimate of drug-likeness (QED) is 0.290. The molecule has 0 spiro atoms. The summed E-state index contributed by atoms with van der Waals surface area (Å²) in [6, 6.07) is 3.86. The van der Waals surface area contributed by atoms with Gasteiger partial charge in [0.2, 0.25) is 0 Å². The Balaban J connectivity index is 2.04. The van der Waals surface area contributed by atoms with Crippen LogP contribution in [0.5, 0.6) is 5.75 Å².